The first-order valence-electron chi connectivity index (χ1n) is 34.7. The van der Waals surface area contributed by atoms with Crippen LogP contribution in [0.25, 0.3) is 155 Å². The smallest absolute Gasteiger partial charge is 0.333 e. The Morgan fingerprint density at radius 1 is 0.292 bits per heavy atom. The summed E-state index contributed by atoms with van der Waals surface area (Å²) in [6, 6.07) is 90.5. The lowest BCUT2D eigenvalue weighted by atomic mass is 9.45. The van der Waals surface area contributed by atoms with E-state index in [1.165, 1.54) is 199 Å². The van der Waals surface area contributed by atoms with E-state index in [9.17, 15) is 0 Å². The minimum atomic E-state index is -0.140. The molecule has 0 radical (unpaired) electrons. The van der Waals surface area contributed by atoms with Crippen LogP contribution in [0.3, 0.4) is 0 Å². The van der Waals surface area contributed by atoms with Crippen LogP contribution < -0.4 is 10.9 Å². The predicted molar refractivity (Wildman–Crippen MR) is 409 cm³/mol. The van der Waals surface area contributed by atoms with Gasteiger partial charge in [0.2, 0.25) is 0 Å². The van der Waals surface area contributed by atoms with E-state index in [4.69, 9.17) is 0 Å². The standard InChI is InChI=1S/C91H75BN4/c1-88(2,3)55-39-31-51(32-40-55)59-19-15-27-71-75(59)78-61(53-35-43-57(44-36-53)90(7,8)9)47-48-69-83-77-63(21-17-29-73(77)93(71)84(69)78)65-23-13-25-67-81(65)95(83)85-68-26-14-24-66-64-22-18-30-74-80(64)92(96(82(66)68)86(67)85)70-50-49-62(54-37-45-58(46-38-54)91(10,11)12)79-76-60(20-16-28-72(76)94(74)87(70)79)52-33-41-56(42-34-52)89(4,5)6/h13-50,83H,1-12H3. The zero-order chi connectivity index (χ0) is 65.1. The first kappa shape index (κ1) is 56.0. The molecule has 20 rings (SSSR count). The third-order valence-corrected chi connectivity index (χ3v) is 22.8. The second kappa shape index (κ2) is 18.8. The van der Waals surface area contributed by atoms with Crippen LogP contribution in [-0.4, -0.2) is 25.0 Å². The molecule has 0 aliphatic carbocycles. The molecule has 96 heavy (non-hydrogen) atoms. The van der Waals surface area contributed by atoms with Crippen molar-refractivity contribution < 1.29 is 0 Å². The predicted octanol–water partition coefficient (Wildman–Crippen LogP) is 22.7. The number of benzene rings is 12. The molecule has 4 aromatic heterocycles. The van der Waals surface area contributed by atoms with Crippen LogP contribution >= 0.6 is 0 Å². The molecule has 0 N–H and O–H groups in total. The highest BCUT2D eigenvalue weighted by Gasteiger charge is 2.46. The minimum absolute atomic E-state index is 0.0264. The molecule has 8 heterocycles. The van der Waals surface area contributed by atoms with E-state index in [0.29, 0.717) is 0 Å². The van der Waals surface area contributed by atoms with Gasteiger partial charge in [-0.2, -0.15) is 0 Å². The second-order valence-electron chi connectivity index (χ2n) is 32.4. The van der Waals surface area contributed by atoms with Crippen molar-refractivity contribution in [1.82, 2.24) is 18.2 Å². The van der Waals surface area contributed by atoms with Crippen molar-refractivity contribution in [1.29, 1.82) is 0 Å². The van der Waals surface area contributed by atoms with Gasteiger partial charge in [-0.1, -0.05) is 289 Å². The summed E-state index contributed by atoms with van der Waals surface area (Å²) < 4.78 is 11.0. The van der Waals surface area contributed by atoms with Crippen molar-refractivity contribution in [3.05, 3.63) is 264 Å². The highest BCUT2D eigenvalue weighted by molar-refractivity contribution is 6.90. The largest absolute Gasteiger partial charge is 0.374 e. The third kappa shape index (κ3) is 7.31. The first-order chi connectivity index (χ1) is 46.2. The van der Waals surface area contributed by atoms with Gasteiger partial charge >= 0.3 is 6.85 Å². The van der Waals surface area contributed by atoms with Gasteiger partial charge in [-0.25, -0.2) is 0 Å². The molecule has 16 aromatic rings. The Morgan fingerprint density at radius 3 is 1.20 bits per heavy atom. The minimum Gasteiger partial charge on any atom is -0.374 e. The van der Waals surface area contributed by atoms with E-state index in [2.05, 4.69) is 332 Å². The topological polar surface area (TPSA) is 19.7 Å². The molecule has 0 saturated carbocycles. The van der Waals surface area contributed by atoms with Crippen LogP contribution in [0.1, 0.15) is 123 Å². The lowest BCUT2D eigenvalue weighted by Gasteiger charge is -2.36. The Kier molecular flexibility index (Phi) is 11.0. The maximum atomic E-state index is 2.84. The van der Waals surface area contributed by atoms with Crippen LogP contribution in [0.2, 0.25) is 0 Å². The highest BCUT2D eigenvalue weighted by atomic mass is 15.1. The van der Waals surface area contributed by atoms with Crippen molar-refractivity contribution in [2.75, 3.05) is 0 Å². The van der Waals surface area contributed by atoms with Gasteiger partial charge in [0, 0.05) is 65.8 Å². The number of hydrogen-bond acceptors (Lipinski definition) is 0. The average molecular weight is 1240 g/mol. The van der Waals surface area contributed by atoms with E-state index in [1.807, 2.05) is 0 Å². The normalized spacial score (nSPS) is 14.5. The van der Waals surface area contributed by atoms with E-state index >= 15 is 0 Å². The summed E-state index contributed by atoms with van der Waals surface area (Å²) in [5, 5.41) is 7.79. The molecule has 0 spiro atoms. The van der Waals surface area contributed by atoms with E-state index in [0.717, 1.165) is 0 Å². The van der Waals surface area contributed by atoms with Gasteiger partial charge in [-0.05, 0) is 135 Å². The number of fused-ring (bicyclic) bond motifs is 19. The van der Waals surface area contributed by atoms with Gasteiger partial charge in [0.25, 0.3) is 0 Å². The Labute approximate surface area is 561 Å². The van der Waals surface area contributed by atoms with Gasteiger partial charge in [0.1, 0.15) is 0 Å². The Bertz CT molecular complexity index is 5750. The molecule has 0 amide bonds. The quantitative estimate of drug-likeness (QED) is 0.157. The fourth-order valence-corrected chi connectivity index (χ4v) is 18.2. The van der Waals surface area contributed by atoms with E-state index < -0.39 is 0 Å². The zero-order valence-corrected chi connectivity index (χ0v) is 56.9. The monoisotopic (exact) mass is 1230 g/mol. The maximum absolute atomic E-state index is 2.84. The molecular formula is C91H75BN4. The molecule has 0 bridgehead atoms. The van der Waals surface area contributed by atoms with Crippen LogP contribution in [0, 0.1) is 0 Å². The molecule has 462 valence electrons. The number of aromatic nitrogens is 4. The highest BCUT2D eigenvalue weighted by Crippen LogP contribution is 2.59. The van der Waals surface area contributed by atoms with E-state index in [-0.39, 0.29) is 34.5 Å². The third-order valence-electron chi connectivity index (χ3n) is 22.8. The van der Waals surface area contributed by atoms with Gasteiger partial charge in [0.15, 0.2) is 0 Å². The molecule has 5 heteroatoms. The van der Waals surface area contributed by atoms with Gasteiger partial charge < -0.3 is 18.2 Å². The van der Waals surface area contributed by atoms with Crippen molar-refractivity contribution in [3.8, 4) is 78.1 Å². The molecule has 0 saturated heterocycles. The molecule has 4 nitrogen and oxygen atoms in total. The lowest BCUT2D eigenvalue weighted by molar-refractivity contribution is 0.590. The molecule has 1 atom stereocenters. The summed E-state index contributed by atoms with van der Waals surface area (Å²) >= 11 is 0. The summed E-state index contributed by atoms with van der Waals surface area (Å²) in [5.74, 6) is 0. The first-order valence-corrected chi connectivity index (χ1v) is 34.7. The zero-order valence-electron chi connectivity index (χ0n) is 56.9. The fraction of sp³-hybridized carbons (Fsp3) is 0.187. The Morgan fingerprint density at radius 2 is 0.688 bits per heavy atom. The fourth-order valence-electron chi connectivity index (χ4n) is 18.2. The number of nitrogens with zero attached hydrogens (tertiary/aromatic N) is 4. The summed E-state index contributed by atoms with van der Waals surface area (Å²) in [6.45, 7) is 27.6. The molecule has 4 aliphatic heterocycles. The van der Waals surface area contributed by atoms with Crippen molar-refractivity contribution in [2.45, 2.75) is 111 Å². The number of rotatable bonds is 4. The molecular weight excluding hydrogens is 1160 g/mol. The van der Waals surface area contributed by atoms with Gasteiger partial charge in [0.05, 0.1) is 50.3 Å². The van der Waals surface area contributed by atoms with Crippen molar-refractivity contribution in [2.24, 2.45) is 0 Å². The lowest BCUT2D eigenvalue weighted by Crippen LogP contribution is -2.55. The number of para-hydroxylation sites is 2. The molecule has 12 aromatic carbocycles. The maximum Gasteiger partial charge on any atom is 0.333 e. The number of hydrogen-bond donors (Lipinski definition) is 0. The van der Waals surface area contributed by atoms with Crippen LogP contribution in [0.5, 0.6) is 0 Å². The molecule has 4 aliphatic rings. The Hall–Kier alpha value is -10.4. The average Bonchev–Trinajstić information content (AvgIpc) is 1.48. The van der Waals surface area contributed by atoms with Crippen LogP contribution in [-0.2, 0) is 21.7 Å². The summed E-state index contributed by atoms with van der Waals surface area (Å²) in [7, 11) is 0. The molecule has 1 unspecified atom stereocenters. The Balaban J connectivity index is 0.888. The van der Waals surface area contributed by atoms with Crippen LogP contribution in [0.4, 0.5) is 0 Å². The summed E-state index contributed by atoms with van der Waals surface area (Å²) in [4.78, 5) is 0. The van der Waals surface area contributed by atoms with Crippen LogP contribution in [0.15, 0.2) is 231 Å². The van der Waals surface area contributed by atoms with Crippen molar-refractivity contribution >= 4 is 94.2 Å². The van der Waals surface area contributed by atoms with Gasteiger partial charge in [-0.3, -0.25) is 0 Å². The summed E-state index contributed by atoms with van der Waals surface area (Å²) in [6.07, 6.45) is 0. The van der Waals surface area contributed by atoms with E-state index in [1.54, 1.807) is 0 Å². The summed E-state index contributed by atoms with van der Waals surface area (Å²) in [5.41, 5.74) is 38.7. The van der Waals surface area contributed by atoms with Crippen molar-refractivity contribution in [3.63, 3.8) is 0 Å². The van der Waals surface area contributed by atoms with Gasteiger partial charge in [-0.15, -0.1) is 0 Å². The second-order valence-corrected chi connectivity index (χ2v) is 32.4. The SMILES string of the molecule is CC(C)(C)c1ccc(-c2cccc3c2c2c(-c4ccc(C(C)(C)C)cc4)ccc4c2n3-c2cccc3c2B4n2c4c-3cccc4c3c2c2cccc4c2n3C2c3c-4cccc3-n3c4cccc(-c5ccc(C(C)(C)C)cc5)c4c4c(-c5ccc(C(C)(C)C)cc5)ccc2c43)cc1. The molecule has 0 fully saturated rings.